The van der Waals surface area contributed by atoms with Gasteiger partial charge in [-0.3, -0.25) is 0 Å². The number of carbonyl (C=O) groups excluding carboxylic acids is 1. The number of aryl methyl sites for hydroxylation is 4. The summed E-state index contributed by atoms with van der Waals surface area (Å²) in [6, 6.07) is 19.6. The van der Waals surface area contributed by atoms with Gasteiger partial charge in [0.25, 0.3) is 0 Å². The smallest absolute Gasteiger partial charge is 0.333 e. The first-order valence-corrected chi connectivity index (χ1v) is 18.7. The fourth-order valence-corrected chi connectivity index (χ4v) is 6.20. The predicted octanol–water partition coefficient (Wildman–Crippen LogP) is 8.44. The molecular formula is C44H54N6O5. The molecule has 0 spiro atoms. The molecule has 0 saturated carbocycles. The van der Waals surface area contributed by atoms with Crippen molar-refractivity contribution in [2.75, 3.05) is 13.2 Å². The van der Waals surface area contributed by atoms with Gasteiger partial charge in [0.1, 0.15) is 44.9 Å². The van der Waals surface area contributed by atoms with Gasteiger partial charge in [0, 0.05) is 23.3 Å². The van der Waals surface area contributed by atoms with Crippen LogP contribution in [-0.2, 0) is 33.2 Å². The number of phenols is 2. The summed E-state index contributed by atoms with van der Waals surface area (Å²) >= 11 is 0. The molecule has 2 aromatic heterocycles. The molecule has 0 atom stereocenters. The van der Waals surface area contributed by atoms with Crippen LogP contribution in [0.1, 0.15) is 94.7 Å². The summed E-state index contributed by atoms with van der Waals surface area (Å²) in [5.41, 5.74) is 10.2. The van der Waals surface area contributed by atoms with Crippen LogP contribution in [0.15, 0.2) is 72.8 Å². The average Bonchev–Trinajstić information content (AvgIpc) is 3.73. The second-order valence-corrected chi connectivity index (χ2v) is 16.3. The first-order chi connectivity index (χ1) is 25.8. The van der Waals surface area contributed by atoms with E-state index in [1.807, 2.05) is 74.5 Å². The highest BCUT2D eigenvalue weighted by atomic mass is 16.5. The van der Waals surface area contributed by atoms with Gasteiger partial charge in [-0.2, -0.15) is 0 Å². The van der Waals surface area contributed by atoms with Crippen molar-refractivity contribution in [3.63, 3.8) is 0 Å². The molecule has 11 heteroatoms. The number of ether oxygens (including phenoxy) is 1. The zero-order valence-electron chi connectivity index (χ0n) is 33.6. The number of rotatable bonds is 10. The van der Waals surface area contributed by atoms with Gasteiger partial charge >= 0.3 is 5.97 Å². The van der Waals surface area contributed by atoms with E-state index in [4.69, 9.17) is 9.84 Å². The second kappa shape index (κ2) is 16.4. The summed E-state index contributed by atoms with van der Waals surface area (Å²) in [6.07, 6.45) is 2.79. The maximum absolute atomic E-state index is 11.6. The third kappa shape index (κ3) is 9.77. The van der Waals surface area contributed by atoms with Gasteiger partial charge in [-0.1, -0.05) is 72.4 Å². The third-order valence-corrected chi connectivity index (χ3v) is 9.23. The van der Waals surface area contributed by atoms with E-state index < -0.39 is 0 Å². The number of benzene rings is 4. The second-order valence-electron chi connectivity index (χ2n) is 16.3. The van der Waals surface area contributed by atoms with Crippen LogP contribution in [0, 0.1) is 13.8 Å². The number of esters is 1. The van der Waals surface area contributed by atoms with E-state index in [-0.39, 0.29) is 34.9 Å². The molecule has 6 aromatic rings. The number of aliphatic hydroxyl groups excluding tert-OH is 1. The van der Waals surface area contributed by atoms with Crippen LogP contribution in [0.4, 0.5) is 0 Å². The number of carbonyl (C=O) groups is 1. The van der Waals surface area contributed by atoms with E-state index in [0.717, 1.165) is 61.9 Å². The molecule has 0 aliphatic heterocycles. The Labute approximate surface area is 323 Å². The molecule has 55 heavy (non-hydrogen) atoms. The highest BCUT2D eigenvalue weighted by Gasteiger charge is 2.25. The molecule has 290 valence electrons. The number of aromatic hydroxyl groups is 2. The average molecular weight is 747 g/mol. The summed E-state index contributed by atoms with van der Waals surface area (Å²) in [5, 5.41) is 49.2. The first kappa shape index (κ1) is 40.6. The highest BCUT2D eigenvalue weighted by molar-refractivity contribution is 5.86. The Balaban J connectivity index is 0.000000214. The van der Waals surface area contributed by atoms with Gasteiger partial charge < -0.3 is 20.1 Å². The minimum atomic E-state index is -0.375. The van der Waals surface area contributed by atoms with Crippen LogP contribution in [0.3, 0.4) is 0 Å². The summed E-state index contributed by atoms with van der Waals surface area (Å²) < 4.78 is 5.19. The number of hydrogen-bond donors (Lipinski definition) is 3. The normalized spacial score (nSPS) is 11.8. The minimum absolute atomic E-state index is 0.143. The Hall–Kier alpha value is -5.55. The molecule has 0 bridgehead atoms. The summed E-state index contributed by atoms with van der Waals surface area (Å²) in [7, 11) is 0. The Bertz CT molecular complexity index is 2340. The predicted molar refractivity (Wildman–Crippen MR) is 217 cm³/mol. The molecule has 0 aliphatic carbocycles. The topological polar surface area (TPSA) is 148 Å². The largest absolute Gasteiger partial charge is 0.505 e. The fraction of sp³-hybridized carbons (Fsp3) is 0.386. The van der Waals surface area contributed by atoms with Crippen LogP contribution >= 0.6 is 0 Å². The number of phenolic OH excluding ortho intramolecular Hbond substituents is 2. The number of nitrogens with zero attached hydrogens (tertiary/aromatic N) is 6. The summed E-state index contributed by atoms with van der Waals surface area (Å²) in [5.74, 6) is 0.00812. The molecule has 11 nitrogen and oxygen atoms in total. The maximum atomic E-state index is 11.6. The monoisotopic (exact) mass is 746 g/mol. The molecule has 6 rings (SSSR count). The quantitative estimate of drug-likeness (QED) is 0.0714. The molecule has 2 heterocycles. The van der Waals surface area contributed by atoms with Crippen LogP contribution in [-0.4, -0.2) is 64.5 Å². The molecule has 0 fully saturated rings. The van der Waals surface area contributed by atoms with Crippen LogP contribution < -0.4 is 0 Å². The number of aliphatic hydroxyl groups is 1. The summed E-state index contributed by atoms with van der Waals surface area (Å²) in [6.45, 7) is 22.1. The molecular weight excluding hydrogens is 693 g/mol. The van der Waals surface area contributed by atoms with Crippen molar-refractivity contribution in [1.82, 2.24) is 30.0 Å². The minimum Gasteiger partial charge on any atom is -0.505 e. The zero-order chi connectivity index (χ0) is 40.2. The summed E-state index contributed by atoms with van der Waals surface area (Å²) in [4.78, 5) is 14.6. The third-order valence-electron chi connectivity index (χ3n) is 9.23. The SMILES string of the molecule is C=C(C)C(=O)OCCCc1cc(-n2nc3ccc(C)cc3n2)c(O)c(C(C)(C)C)c1.Cc1ccc2nn(-c3cc(CCCO)cc(C(C)(C)C)c3O)nc2c1. The zero-order valence-corrected chi connectivity index (χ0v) is 33.6. The van der Waals surface area contributed by atoms with Crippen LogP contribution in [0.2, 0.25) is 0 Å². The van der Waals surface area contributed by atoms with Crippen molar-refractivity contribution in [3.8, 4) is 22.9 Å². The van der Waals surface area contributed by atoms with Gasteiger partial charge in [-0.15, -0.1) is 30.0 Å². The van der Waals surface area contributed by atoms with Gasteiger partial charge in [0.05, 0.1) is 6.61 Å². The first-order valence-electron chi connectivity index (χ1n) is 18.7. The van der Waals surface area contributed by atoms with Gasteiger partial charge in [-0.05, 0) is 116 Å². The van der Waals surface area contributed by atoms with E-state index in [2.05, 4.69) is 68.5 Å². The Morgan fingerprint density at radius 2 is 1.09 bits per heavy atom. The fourth-order valence-electron chi connectivity index (χ4n) is 6.20. The van der Waals surface area contributed by atoms with Crippen molar-refractivity contribution in [1.29, 1.82) is 0 Å². The molecule has 0 unspecified atom stereocenters. The molecule has 0 amide bonds. The lowest BCUT2D eigenvalue weighted by atomic mass is 9.84. The number of hydrogen-bond acceptors (Lipinski definition) is 9. The van der Waals surface area contributed by atoms with Crippen molar-refractivity contribution >= 4 is 28.0 Å². The van der Waals surface area contributed by atoms with Gasteiger partial charge in [0.15, 0.2) is 0 Å². The van der Waals surface area contributed by atoms with Gasteiger partial charge in [0.2, 0.25) is 0 Å². The Kier molecular flexibility index (Phi) is 12.1. The van der Waals surface area contributed by atoms with E-state index in [1.165, 1.54) is 9.59 Å². The van der Waals surface area contributed by atoms with E-state index in [0.29, 0.717) is 42.8 Å². The van der Waals surface area contributed by atoms with E-state index in [1.54, 1.807) is 6.92 Å². The number of aromatic nitrogens is 6. The van der Waals surface area contributed by atoms with Crippen LogP contribution in [0.5, 0.6) is 11.5 Å². The molecule has 4 aromatic carbocycles. The molecule has 0 aliphatic rings. The van der Waals surface area contributed by atoms with Crippen molar-refractivity contribution in [3.05, 3.63) is 106 Å². The van der Waals surface area contributed by atoms with Crippen molar-refractivity contribution in [2.24, 2.45) is 0 Å². The van der Waals surface area contributed by atoms with E-state index in [9.17, 15) is 15.0 Å². The highest BCUT2D eigenvalue weighted by Crippen LogP contribution is 2.38. The molecule has 3 N–H and O–H groups in total. The Morgan fingerprint density at radius 1 is 0.673 bits per heavy atom. The molecule has 0 saturated heterocycles. The standard InChI is InChI=1S/C24H29N3O3.C20H25N3O2/c1-15(2)23(29)30-11-7-8-17-13-18(24(4,5)6)22(28)21(14-17)27-25-19-10-9-16(3)12-20(19)26-27;1-13-7-8-16-17(10-13)22-23(21-16)18-12-14(6-5-9-24)11-15(19(18)25)20(2,3)4/h9-10,12-14,28H,1,7-8,11H2,2-6H3;7-8,10-12,24-25H,5-6,9H2,1-4H3. The molecule has 0 radical (unpaired) electrons. The lowest BCUT2D eigenvalue weighted by Crippen LogP contribution is -2.14. The number of fused-ring (bicyclic) bond motifs is 2. The maximum Gasteiger partial charge on any atom is 0.333 e. The lowest BCUT2D eigenvalue weighted by molar-refractivity contribution is -0.139. The lowest BCUT2D eigenvalue weighted by Gasteiger charge is -2.23. The Morgan fingerprint density at radius 3 is 1.49 bits per heavy atom. The van der Waals surface area contributed by atoms with Crippen molar-refractivity contribution < 1.29 is 24.9 Å². The van der Waals surface area contributed by atoms with Crippen molar-refractivity contribution in [2.45, 2.75) is 98.8 Å². The van der Waals surface area contributed by atoms with Crippen LogP contribution in [0.25, 0.3) is 33.4 Å². The van der Waals surface area contributed by atoms with Gasteiger partial charge in [-0.25, -0.2) is 4.79 Å². The van der Waals surface area contributed by atoms with E-state index >= 15 is 0 Å².